The van der Waals surface area contributed by atoms with E-state index in [1.54, 1.807) is 23.6 Å². The van der Waals surface area contributed by atoms with Crippen molar-refractivity contribution in [3.8, 4) is 16.5 Å². The molecule has 150 valence electrons. The van der Waals surface area contributed by atoms with Crippen molar-refractivity contribution in [1.29, 1.82) is 0 Å². The number of carbonyl (C=O) groups is 2. The largest absolute Gasteiger partial charge is 0.501 e. The second kappa shape index (κ2) is 8.76. The minimum Gasteiger partial charge on any atom is -0.501 e. The lowest BCUT2D eigenvalue weighted by Crippen LogP contribution is -2.17. The first-order valence-electron chi connectivity index (χ1n) is 8.18. The maximum absolute atomic E-state index is 12.1. The number of nitrogens with zero attached hydrogens (tertiary/aromatic N) is 1. The third-order valence-corrected chi connectivity index (χ3v) is 5.07. The first-order chi connectivity index (χ1) is 13.9. The summed E-state index contributed by atoms with van der Waals surface area (Å²) in [5.41, 5.74) is -0.687. The molecular weight excluding hydrogens is 422 g/mol. The Morgan fingerprint density at radius 3 is 2.76 bits per heavy atom. The molecule has 4 N–H and O–H groups in total. The molecule has 3 aromatic rings. The maximum Gasteiger partial charge on any atom is 0.411 e. The molecular formula is C18H14ClN3O6S. The van der Waals surface area contributed by atoms with Crippen LogP contribution in [0.25, 0.3) is 10.7 Å². The van der Waals surface area contributed by atoms with E-state index in [1.165, 1.54) is 0 Å². The molecule has 0 fully saturated rings. The number of rotatable bonds is 6. The summed E-state index contributed by atoms with van der Waals surface area (Å²) in [6.45, 7) is 0.0898. The molecule has 0 saturated heterocycles. The van der Waals surface area contributed by atoms with Gasteiger partial charge in [-0.05, 0) is 23.1 Å². The summed E-state index contributed by atoms with van der Waals surface area (Å²) in [5, 5.41) is 23.3. The van der Waals surface area contributed by atoms with E-state index in [0.29, 0.717) is 16.3 Å². The number of hydrogen-bond acceptors (Lipinski definition) is 7. The molecule has 2 heterocycles. The van der Waals surface area contributed by atoms with Crippen LogP contribution in [0.1, 0.15) is 16.1 Å². The molecule has 0 bridgehead atoms. The van der Waals surface area contributed by atoms with E-state index in [0.717, 1.165) is 16.9 Å². The molecule has 29 heavy (non-hydrogen) atoms. The van der Waals surface area contributed by atoms with Crippen LogP contribution < -0.4 is 10.9 Å². The van der Waals surface area contributed by atoms with Crippen molar-refractivity contribution < 1.29 is 24.5 Å². The predicted molar refractivity (Wildman–Crippen MR) is 107 cm³/mol. The molecule has 0 atom stereocenters. The lowest BCUT2D eigenvalue weighted by atomic mass is 10.2. The lowest BCUT2D eigenvalue weighted by Gasteiger charge is -2.09. The Hall–Kier alpha value is -3.37. The van der Waals surface area contributed by atoms with Gasteiger partial charge in [-0.2, -0.15) is 0 Å². The Bertz CT molecular complexity index is 1130. The topological polar surface area (TPSA) is 142 Å². The van der Waals surface area contributed by atoms with E-state index in [2.05, 4.69) is 15.3 Å². The van der Waals surface area contributed by atoms with Crippen molar-refractivity contribution in [2.24, 2.45) is 0 Å². The van der Waals surface area contributed by atoms with Gasteiger partial charge in [0.2, 0.25) is 5.75 Å². The molecule has 3 rings (SSSR count). The van der Waals surface area contributed by atoms with Gasteiger partial charge in [-0.25, -0.2) is 14.6 Å². The van der Waals surface area contributed by atoms with Crippen molar-refractivity contribution in [3.63, 3.8) is 0 Å². The number of carbonyl (C=O) groups excluding carboxylic acids is 1. The van der Waals surface area contributed by atoms with E-state index < -0.39 is 29.1 Å². The van der Waals surface area contributed by atoms with Gasteiger partial charge in [-0.3, -0.25) is 10.1 Å². The Balaban J connectivity index is 1.71. The first kappa shape index (κ1) is 20.4. The fraction of sp³-hybridized carbons (Fsp3) is 0.111. The summed E-state index contributed by atoms with van der Waals surface area (Å²) in [7, 11) is 0. The number of H-pyrrole nitrogens is 1. The number of ether oxygens (including phenoxy) is 1. The Morgan fingerprint density at radius 1 is 1.28 bits per heavy atom. The Labute approximate surface area is 172 Å². The van der Waals surface area contributed by atoms with Gasteiger partial charge in [0.1, 0.15) is 0 Å². The number of amides is 1. The molecule has 0 radical (unpaired) electrons. The number of halogens is 1. The highest BCUT2D eigenvalue weighted by Gasteiger charge is 2.20. The first-order valence-corrected chi connectivity index (χ1v) is 9.44. The summed E-state index contributed by atoms with van der Waals surface area (Å²) in [5.74, 6) is -2.65. The average molecular weight is 436 g/mol. The number of aromatic hydroxyl groups is 1. The second-order valence-electron chi connectivity index (χ2n) is 5.68. The summed E-state index contributed by atoms with van der Waals surface area (Å²) in [6, 6.07) is 8.74. The highest BCUT2D eigenvalue weighted by molar-refractivity contribution is 7.14. The Kier molecular flexibility index (Phi) is 6.15. The van der Waals surface area contributed by atoms with Crippen LogP contribution in [0.4, 0.5) is 10.5 Å². The number of aromatic carboxylic acids is 1. The van der Waals surface area contributed by atoms with Gasteiger partial charge < -0.3 is 19.9 Å². The molecule has 11 heteroatoms. The molecule has 9 nitrogen and oxygen atoms in total. The van der Waals surface area contributed by atoms with E-state index in [4.69, 9.17) is 21.4 Å². The number of carboxylic acid groups (broad SMARTS) is 1. The second-order valence-corrected chi connectivity index (χ2v) is 7.01. The normalized spacial score (nSPS) is 10.5. The standard InChI is InChI=1S/C18H14ClN3O6S/c19-10-4-2-1-3-9(10)5-7-28-18(27)20-11-6-8-29-14(11)15-21-12(17(25)26)13(23)16(24)22-15/h1-4,6,8,23H,5,7H2,(H,20,27)(H,25,26)(H,21,22,24). The van der Waals surface area contributed by atoms with Crippen LogP contribution in [0, 0.1) is 0 Å². The van der Waals surface area contributed by atoms with Crippen LogP contribution >= 0.6 is 22.9 Å². The maximum atomic E-state index is 12.1. The molecule has 0 aliphatic rings. The minimum absolute atomic E-state index is 0.0898. The average Bonchev–Trinajstić information content (AvgIpc) is 3.13. The van der Waals surface area contributed by atoms with Gasteiger partial charge in [0.05, 0.1) is 17.2 Å². The Morgan fingerprint density at radius 2 is 2.03 bits per heavy atom. The smallest absolute Gasteiger partial charge is 0.411 e. The number of carboxylic acids is 1. The number of benzene rings is 1. The van der Waals surface area contributed by atoms with Gasteiger partial charge in [0.25, 0.3) is 5.56 Å². The van der Waals surface area contributed by atoms with Crippen molar-refractivity contribution in [1.82, 2.24) is 9.97 Å². The molecule has 0 saturated carbocycles. The van der Waals surface area contributed by atoms with Crippen molar-refractivity contribution >= 4 is 40.7 Å². The van der Waals surface area contributed by atoms with E-state index >= 15 is 0 Å². The lowest BCUT2D eigenvalue weighted by molar-refractivity contribution is 0.0686. The van der Waals surface area contributed by atoms with E-state index in [9.17, 15) is 19.5 Å². The molecule has 1 amide bonds. The van der Waals surface area contributed by atoms with Crippen molar-refractivity contribution in [2.75, 3.05) is 11.9 Å². The fourth-order valence-corrected chi connectivity index (χ4v) is 3.44. The monoisotopic (exact) mass is 435 g/mol. The zero-order valence-corrected chi connectivity index (χ0v) is 16.2. The van der Waals surface area contributed by atoms with Gasteiger partial charge in [0.15, 0.2) is 11.5 Å². The SMILES string of the molecule is O=C(Nc1ccsc1-c1nc(C(=O)O)c(O)c(=O)[nH]1)OCCc1ccccc1Cl. The molecule has 2 aromatic heterocycles. The third-order valence-electron chi connectivity index (χ3n) is 3.78. The summed E-state index contributed by atoms with van der Waals surface area (Å²) in [6.07, 6.45) is -0.311. The summed E-state index contributed by atoms with van der Waals surface area (Å²) >= 11 is 7.16. The van der Waals surface area contributed by atoms with E-state index in [-0.39, 0.29) is 18.1 Å². The number of thiophene rings is 1. The van der Waals surface area contributed by atoms with Crippen LogP contribution in [-0.2, 0) is 11.2 Å². The van der Waals surface area contributed by atoms with Gasteiger partial charge in [-0.1, -0.05) is 29.8 Å². The number of aromatic amines is 1. The molecule has 0 aliphatic heterocycles. The highest BCUT2D eigenvalue weighted by atomic mass is 35.5. The van der Waals surface area contributed by atoms with Gasteiger partial charge >= 0.3 is 12.1 Å². The quantitative estimate of drug-likeness (QED) is 0.465. The molecule has 1 aromatic carbocycles. The molecule has 0 spiro atoms. The zero-order valence-electron chi connectivity index (χ0n) is 14.6. The number of hydrogen-bond donors (Lipinski definition) is 4. The fourth-order valence-electron chi connectivity index (χ4n) is 2.42. The molecule has 0 unspecified atom stereocenters. The van der Waals surface area contributed by atoms with E-state index in [1.807, 2.05) is 12.1 Å². The number of aromatic nitrogens is 2. The molecule has 0 aliphatic carbocycles. The van der Waals surface area contributed by atoms with Crippen LogP contribution in [0.15, 0.2) is 40.5 Å². The van der Waals surface area contributed by atoms with Crippen molar-refractivity contribution in [3.05, 3.63) is 62.3 Å². The van der Waals surface area contributed by atoms with Crippen molar-refractivity contribution in [2.45, 2.75) is 6.42 Å². The predicted octanol–water partition coefficient (Wildman–Crippen LogP) is 3.35. The van der Waals surface area contributed by atoms with Gasteiger partial charge in [0, 0.05) is 11.4 Å². The summed E-state index contributed by atoms with van der Waals surface area (Å²) < 4.78 is 5.14. The highest BCUT2D eigenvalue weighted by Crippen LogP contribution is 2.31. The van der Waals surface area contributed by atoms with Crippen LogP contribution in [0.5, 0.6) is 5.75 Å². The van der Waals surface area contributed by atoms with Gasteiger partial charge in [-0.15, -0.1) is 11.3 Å². The zero-order chi connectivity index (χ0) is 21.0. The minimum atomic E-state index is -1.56. The third kappa shape index (κ3) is 4.73. The summed E-state index contributed by atoms with van der Waals surface area (Å²) in [4.78, 5) is 41.3. The number of nitrogens with one attached hydrogen (secondary N) is 2. The van der Waals surface area contributed by atoms with Crippen LogP contribution in [0.3, 0.4) is 0 Å². The number of anilines is 1. The van der Waals surface area contributed by atoms with Crippen LogP contribution in [0.2, 0.25) is 5.02 Å². The van der Waals surface area contributed by atoms with Crippen LogP contribution in [-0.4, -0.2) is 38.9 Å².